The van der Waals surface area contributed by atoms with E-state index in [2.05, 4.69) is 0 Å². The number of phenolic OH excluding ortho intramolecular Hbond substituents is 2. The number of aliphatic hydroxyl groups is 1. The van der Waals surface area contributed by atoms with Gasteiger partial charge in [-0.05, 0) is 47.6 Å². The first-order valence-electron chi connectivity index (χ1n) is 12.4. The molecule has 8 nitrogen and oxygen atoms in total. The number of hydrogen-bond acceptors (Lipinski definition) is 8. The number of rotatable bonds is 4. The molecule has 0 fully saturated rings. The van der Waals surface area contributed by atoms with Gasteiger partial charge in [0.2, 0.25) is 11.6 Å². The van der Waals surface area contributed by atoms with E-state index in [1.807, 2.05) is 6.92 Å². The van der Waals surface area contributed by atoms with Gasteiger partial charge in [0.1, 0.15) is 28.7 Å². The maximum Gasteiger partial charge on any atom is 0.206 e. The minimum atomic E-state index is -2.57. The fourth-order valence-electron chi connectivity index (χ4n) is 6.40. The molecule has 0 saturated heterocycles. The lowest BCUT2D eigenvalue weighted by Gasteiger charge is -2.51. The molecule has 0 unspecified atom stereocenters. The second-order valence-corrected chi connectivity index (χ2v) is 11.5. The average molecular weight is 587 g/mol. The number of fused-ring (bicyclic) bond motifs is 3. The van der Waals surface area contributed by atoms with Crippen LogP contribution in [-0.4, -0.2) is 53.8 Å². The Morgan fingerprint density at radius 2 is 1.45 bits per heavy atom. The Hall–Kier alpha value is -3.46. The Labute approximate surface area is 241 Å². The number of ketones is 2. The van der Waals surface area contributed by atoms with Crippen LogP contribution in [0.4, 0.5) is 0 Å². The molecule has 10 heteroatoms. The first-order valence-corrected chi connectivity index (χ1v) is 13.2. The highest BCUT2D eigenvalue weighted by molar-refractivity contribution is 6.37. The Morgan fingerprint density at radius 1 is 0.825 bits per heavy atom. The molecule has 0 spiro atoms. The van der Waals surface area contributed by atoms with E-state index in [-0.39, 0.29) is 33.2 Å². The summed E-state index contributed by atoms with van der Waals surface area (Å²) in [7, 11) is 4.46. The molecule has 3 N–H and O–H groups in total. The predicted octanol–water partition coefficient (Wildman–Crippen LogP) is 5.67. The van der Waals surface area contributed by atoms with Crippen molar-refractivity contribution in [2.24, 2.45) is 5.92 Å². The highest BCUT2D eigenvalue weighted by Crippen LogP contribution is 2.58. The third-order valence-corrected chi connectivity index (χ3v) is 9.14. The maximum absolute atomic E-state index is 14.5. The van der Waals surface area contributed by atoms with Crippen LogP contribution in [0.2, 0.25) is 10.0 Å². The smallest absolute Gasteiger partial charge is 0.206 e. The van der Waals surface area contributed by atoms with Crippen LogP contribution in [0.25, 0.3) is 11.1 Å². The van der Waals surface area contributed by atoms with Gasteiger partial charge in [-0.25, -0.2) is 0 Å². The van der Waals surface area contributed by atoms with Gasteiger partial charge in [0, 0.05) is 34.7 Å². The summed E-state index contributed by atoms with van der Waals surface area (Å²) in [5.41, 5.74) is -1.87. The number of carbonyl (C=O) groups excluding carboxylic acids is 2. The van der Waals surface area contributed by atoms with Crippen molar-refractivity contribution >= 4 is 34.8 Å². The SMILES string of the molecule is COc1cc(C)c(-c2cc(OC)c(Cl)c3c2C(=O)[C@@]2(O)C(=O)c4c(O)cc(O)c(Cl)c4C(C)(C)[C@H]2C3)c(OC)c1. The average Bonchev–Trinajstić information content (AvgIpc) is 2.91. The molecule has 0 saturated carbocycles. The fourth-order valence-corrected chi connectivity index (χ4v) is 7.10. The largest absolute Gasteiger partial charge is 0.507 e. The normalized spacial score (nSPS) is 20.9. The lowest BCUT2D eigenvalue weighted by Crippen LogP contribution is -2.64. The van der Waals surface area contributed by atoms with E-state index in [0.29, 0.717) is 39.5 Å². The molecule has 210 valence electrons. The molecule has 3 aromatic rings. The molecule has 2 atom stereocenters. The third-order valence-electron chi connectivity index (χ3n) is 8.34. The van der Waals surface area contributed by atoms with Gasteiger partial charge in [0.15, 0.2) is 5.60 Å². The van der Waals surface area contributed by atoms with Crippen LogP contribution >= 0.6 is 23.2 Å². The molecule has 40 heavy (non-hydrogen) atoms. The van der Waals surface area contributed by atoms with Gasteiger partial charge in [-0.1, -0.05) is 37.0 Å². The van der Waals surface area contributed by atoms with Gasteiger partial charge < -0.3 is 29.5 Å². The minimum absolute atomic E-state index is 0.0109. The Bertz CT molecular complexity index is 1630. The summed E-state index contributed by atoms with van der Waals surface area (Å²) in [5, 5.41) is 33.3. The van der Waals surface area contributed by atoms with Gasteiger partial charge in [0.25, 0.3) is 0 Å². The molecule has 0 radical (unpaired) electrons. The molecule has 0 aromatic heterocycles. The zero-order chi connectivity index (χ0) is 29.5. The second kappa shape index (κ2) is 9.29. The molecular weight excluding hydrogens is 559 g/mol. The number of aryl methyl sites for hydroxylation is 1. The van der Waals surface area contributed by atoms with E-state index in [4.69, 9.17) is 37.4 Å². The summed E-state index contributed by atoms with van der Waals surface area (Å²) in [4.78, 5) is 28.5. The molecule has 2 aliphatic rings. The molecule has 0 aliphatic heterocycles. The van der Waals surface area contributed by atoms with Crippen LogP contribution in [-0.2, 0) is 11.8 Å². The van der Waals surface area contributed by atoms with Crippen molar-refractivity contribution < 1.29 is 39.1 Å². The highest BCUT2D eigenvalue weighted by Gasteiger charge is 2.64. The molecule has 5 rings (SSSR count). The summed E-state index contributed by atoms with van der Waals surface area (Å²) >= 11 is 13.3. The van der Waals surface area contributed by atoms with Crippen molar-refractivity contribution in [3.63, 3.8) is 0 Å². The molecule has 0 bridgehead atoms. The van der Waals surface area contributed by atoms with Crippen molar-refractivity contribution in [1.82, 2.24) is 0 Å². The lowest BCUT2D eigenvalue weighted by molar-refractivity contribution is -0.0202. The summed E-state index contributed by atoms with van der Waals surface area (Å²) in [6.07, 6.45) is -0.0109. The van der Waals surface area contributed by atoms with Gasteiger partial charge in [-0.15, -0.1) is 0 Å². The summed E-state index contributed by atoms with van der Waals surface area (Å²) in [6.45, 7) is 5.21. The van der Waals surface area contributed by atoms with E-state index in [1.165, 1.54) is 21.3 Å². The number of benzene rings is 3. The van der Waals surface area contributed by atoms with E-state index in [0.717, 1.165) is 6.07 Å². The van der Waals surface area contributed by atoms with Gasteiger partial charge >= 0.3 is 0 Å². The summed E-state index contributed by atoms with van der Waals surface area (Å²) in [5.74, 6) is -2.70. The number of halogens is 2. The van der Waals surface area contributed by atoms with Crippen LogP contribution in [0.5, 0.6) is 28.7 Å². The summed E-state index contributed by atoms with van der Waals surface area (Å²) in [6, 6.07) is 5.95. The standard InChI is InChI=1S/C30H28Cl2O8/c1-12-7-13(38-4)8-18(39-5)21(12)14-9-19(40-6)25(31)15-10-20-29(2,3)24-23(16(33)11-17(34)26(24)32)28(36)30(20,37)27(35)22(14)15/h7-9,11,20,33-34,37H,10H2,1-6H3/t20-,30-/m1/s1. The Morgan fingerprint density at radius 3 is 2.05 bits per heavy atom. The molecule has 3 aromatic carbocycles. The number of phenols is 2. The highest BCUT2D eigenvalue weighted by atomic mass is 35.5. The lowest BCUT2D eigenvalue weighted by atomic mass is 9.52. The van der Waals surface area contributed by atoms with Crippen LogP contribution < -0.4 is 14.2 Å². The number of carbonyl (C=O) groups is 2. The van der Waals surface area contributed by atoms with Crippen molar-refractivity contribution in [2.75, 3.05) is 21.3 Å². The number of methoxy groups -OCH3 is 3. The molecule has 0 amide bonds. The van der Waals surface area contributed by atoms with Crippen LogP contribution in [0, 0.1) is 12.8 Å². The fraction of sp³-hybridized carbons (Fsp3) is 0.333. The first-order chi connectivity index (χ1) is 18.7. The number of Topliss-reactive ketones (excluding diaryl/α,β-unsaturated/α-hetero) is 2. The second-order valence-electron chi connectivity index (χ2n) is 10.7. The Balaban J connectivity index is 1.87. The van der Waals surface area contributed by atoms with Crippen molar-refractivity contribution in [1.29, 1.82) is 0 Å². The zero-order valence-corrected chi connectivity index (χ0v) is 24.2. The molecule has 2 aliphatic carbocycles. The minimum Gasteiger partial charge on any atom is -0.507 e. The quantitative estimate of drug-likeness (QED) is 0.334. The van der Waals surface area contributed by atoms with Crippen molar-refractivity contribution in [3.05, 3.63) is 62.1 Å². The summed E-state index contributed by atoms with van der Waals surface area (Å²) < 4.78 is 16.6. The van der Waals surface area contributed by atoms with Gasteiger partial charge in [-0.3, -0.25) is 9.59 Å². The van der Waals surface area contributed by atoms with Gasteiger partial charge in [-0.2, -0.15) is 0 Å². The monoisotopic (exact) mass is 586 g/mol. The molecule has 0 heterocycles. The van der Waals surface area contributed by atoms with E-state index >= 15 is 0 Å². The van der Waals surface area contributed by atoms with Crippen LogP contribution in [0.1, 0.15) is 51.3 Å². The number of aromatic hydroxyl groups is 2. The van der Waals surface area contributed by atoms with Crippen LogP contribution in [0.15, 0.2) is 24.3 Å². The van der Waals surface area contributed by atoms with E-state index in [9.17, 15) is 24.9 Å². The maximum atomic E-state index is 14.5. The predicted molar refractivity (Wildman–Crippen MR) is 150 cm³/mol. The molecular formula is C30H28Cl2O8. The van der Waals surface area contributed by atoms with Gasteiger partial charge in [0.05, 0.1) is 36.9 Å². The first kappa shape index (κ1) is 28.1. The third kappa shape index (κ3) is 3.56. The topological polar surface area (TPSA) is 123 Å². The number of hydrogen-bond donors (Lipinski definition) is 3. The number of ether oxygens (including phenoxy) is 3. The van der Waals surface area contributed by atoms with Crippen molar-refractivity contribution in [3.8, 4) is 39.9 Å². The van der Waals surface area contributed by atoms with Crippen molar-refractivity contribution in [2.45, 2.75) is 38.2 Å². The Kier molecular flexibility index (Phi) is 6.53. The van der Waals surface area contributed by atoms with E-state index in [1.54, 1.807) is 32.0 Å². The van der Waals surface area contributed by atoms with E-state index < -0.39 is 40.0 Å². The van der Waals surface area contributed by atoms with Crippen LogP contribution in [0.3, 0.4) is 0 Å². The zero-order valence-electron chi connectivity index (χ0n) is 22.7.